The van der Waals surface area contributed by atoms with E-state index >= 15 is 0 Å². The molecule has 1 aromatic carbocycles. The fourth-order valence-electron chi connectivity index (χ4n) is 1.49. The molecule has 0 aliphatic heterocycles. The van der Waals surface area contributed by atoms with Crippen molar-refractivity contribution < 1.29 is 12.8 Å². The highest BCUT2D eigenvalue weighted by atomic mass is 79.9. The number of rotatable bonds is 6. The summed E-state index contributed by atoms with van der Waals surface area (Å²) >= 11 is 2.99. The summed E-state index contributed by atoms with van der Waals surface area (Å²) in [5, 5.41) is 0. The Labute approximate surface area is 122 Å². The maximum absolute atomic E-state index is 13.4. The zero-order valence-corrected chi connectivity index (χ0v) is 13.6. The van der Waals surface area contributed by atoms with Crippen LogP contribution < -0.4 is 4.72 Å². The topological polar surface area (TPSA) is 49.4 Å². The van der Waals surface area contributed by atoms with E-state index in [9.17, 15) is 12.8 Å². The third-order valence-corrected chi connectivity index (χ3v) is 4.80. The molecular formula is C12H18BrFN2O2S. The molecule has 0 amide bonds. The lowest BCUT2D eigenvalue weighted by atomic mass is 10.2. The minimum absolute atomic E-state index is 0.0649. The van der Waals surface area contributed by atoms with Gasteiger partial charge in [-0.05, 0) is 68.1 Å². The fourth-order valence-corrected chi connectivity index (χ4v) is 3.02. The standard InChI is InChI=1S/C12H18BrFN2O2S/c1-9(6-7-16(2)3)15-19(17,18)10-4-5-11(13)12(14)8-10/h4-5,8-9,15H,6-7H2,1-3H3. The van der Waals surface area contributed by atoms with E-state index in [2.05, 4.69) is 20.7 Å². The molecule has 0 aliphatic rings. The zero-order valence-electron chi connectivity index (χ0n) is 11.2. The summed E-state index contributed by atoms with van der Waals surface area (Å²) in [5.74, 6) is -0.594. The van der Waals surface area contributed by atoms with Crippen LogP contribution in [0.4, 0.5) is 4.39 Å². The molecule has 0 saturated heterocycles. The summed E-state index contributed by atoms with van der Waals surface area (Å²) in [4.78, 5) is 1.91. The van der Waals surface area contributed by atoms with E-state index in [1.54, 1.807) is 6.92 Å². The van der Waals surface area contributed by atoms with Crippen LogP contribution in [0.5, 0.6) is 0 Å². The molecule has 1 rings (SSSR count). The van der Waals surface area contributed by atoms with Crippen molar-refractivity contribution in [2.75, 3.05) is 20.6 Å². The molecular weight excluding hydrogens is 335 g/mol. The Morgan fingerprint density at radius 1 is 1.42 bits per heavy atom. The van der Waals surface area contributed by atoms with Gasteiger partial charge in [-0.1, -0.05) is 0 Å². The molecule has 0 fully saturated rings. The van der Waals surface area contributed by atoms with Crippen molar-refractivity contribution in [1.82, 2.24) is 9.62 Å². The largest absolute Gasteiger partial charge is 0.309 e. The van der Waals surface area contributed by atoms with Gasteiger partial charge in [0.05, 0.1) is 9.37 Å². The van der Waals surface area contributed by atoms with Crippen molar-refractivity contribution in [1.29, 1.82) is 0 Å². The Balaban J connectivity index is 2.77. The van der Waals surface area contributed by atoms with Crippen molar-refractivity contribution in [3.05, 3.63) is 28.5 Å². The monoisotopic (exact) mass is 352 g/mol. The summed E-state index contributed by atoms with van der Waals surface area (Å²) in [7, 11) is 0.168. The van der Waals surface area contributed by atoms with Gasteiger partial charge in [0.2, 0.25) is 10.0 Å². The summed E-state index contributed by atoms with van der Waals surface area (Å²) in [5.41, 5.74) is 0. The minimum Gasteiger partial charge on any atom is -0.309 e. The molecule has 1 unspecified atom stereocenters. The Bertz CT molecular complexity index is 535. The van der Waals surface area contributed by atoms with E-state index in [-0.39, 0.29) is 15.4 Å². The van der Waals surface area contributed by atoms with Crippen LogP contribution in [0, 0.1) is 5.82 Å². The van der Waals surface area contributed by atoms with Crippen molar-refractivity contribution in [2.45, 2.75) is 24.3 Å². The van der Waals surface area contributed by atoms with Crippen LogP contribution in [0.1, 0.15) is 13.3 Å². The number of hydrogen-bond donors (Lipinski definition) is 1. The maximum atomic E-state index is 13.4. The van der Waals surface area contributed by atoms with E-state index in [0.717, 1.165) is 12.6 Å². The van der Waals surface area contributed by atoms with Gasteiger partial charge in [-0.2, -0.15) is 0 Å². The molecule has 0 radical (unpaired) electrons. The number of hydrogen-bond acceptors (Lipinski definition) is 3. The predicted molar refractivity (Wildman–Crippen MR) is 77.1 cm³/mol. The molecule has 0 aliphatic carbocycles. The van der Waals surface area contributed by atoms with Crippen LogP contribution in [0.3, 0.4) is 0 Å². The van der Waals surface area contributed by atoms with E-state index < -0.39 is 15.8 Å². The Hall–Kier alpha value is -0.500. The second-order valence-corrected chi connectivity index (χ2v) is 7.26. The Morgan fingerprint density at radius 3 is 2.58 bits per heavy atom. The SMILES string of the molecule is CC(CCN(C)C)NS(=O)(=O)c1ccc(Br)c(F)c1. The highest BCUT2D eigenvalue weighted by Crippen LogP contribution is 2.19. The highest BCUT2D eigenvalue weighted by molar-refractivity contribution is 9.10. The third-order valence-electron chi connectivity index (χ3n) is 2.57. The molecule has 0 spiro atoms. The van der Waals surface area contributed by atoms with Crippen LogP contribution in [0.25, 0.3) is 0 Å². The van der Waals surface area contributed by atoms with Gasteiger partial charge in [0.15, 0.2) is 0 Å². The summed E-state index contributed by atoms with van der Waals surface area (Å²) in [6, 6.07) is 3.55. The molecule has 4 nitrogen and oxygen atoms in total. The average Bonchev–Trinajstić information content (AvgIpc) is 2.29. The van der Waals surface area contributed by atoms with Crippen LogP contribution in [-0.2, 0) is 10.0 Å². The van der Waals surface area contributed by atoms with Gasteiger partial charge in [0, 0.05) is 6.04 Å². The fraction of sp³-hybridized carbons (Fsp3) is 0.500. The first kappa shape index (κ1) is 16.6. The maximum Gasteiger partial charge on any atom is 0.240 e. The molecule has 7 heteroatoms. The van der Waals surface area contributed by atoms with Crippen molar-refractivity contribution >= 4 is 26.0 Å². The minimum atomic E-state index is -3.68. The summed E-state index contributed by atoms with van der Waals surface area (Å²) in [6.45, 7) is 2.56. The number of nitrogens with one attached hydrogen (secondary N) is 1. The number of sulfonamides is 1. The van der Waals surface area contributed by atoms with E-state index in [1.807, 2.05) is 19.0 Å². The first-order valence-electron chi connectivity index (χ1n) is 5.84. The summed E-state index contributed by atoms with van der Waals surface area (Å²) in [6.07, 6.45) is 0.686. The molecule has 108 valence electrons. The molecule has 0 saturated carbocycles. The molecule has 0 heterocycles. The van der Waals surface area contributed by atoms with Gasteiger partial charge in [-0.15, -0.1) is 0 Å². The smallest absolute Gasteiger partial charge is 0.240 e. The molecule has 1 N–H and O–H groups in total. The lowest BCUT2D eigenvalue weighted by Gasteiger charge is -2.17. The van der Waals surface area contributed by atoms with E-state index in [4.69, 9.17) is 0 Å². The Kier molecular flexibility index (Phi) is 5.91. The average molecular weight is 353 g/mol. The highest BCUT2D eigenvalue weighted by Gasteiger charge is 2.18. The van der Waals surface area contributed by atoms with Gasteiger partial charge >= 0.3 is 0 Å². The predicted octanol–water partition coefficient (Wildman–Crippen LogP) is 2.21. The van der Waals surface area contributed by atoms with Gasteiger partial charge in [-0.3, -0.25) is 0 Å². The second kappa shape index (κ2) is 6.78. The van der Waals surface area contributed by atoms with Crippen LogP contribution in [0.2, 0.25) is 0 Å². The Morgan fingerprint density at radius 2 is 2.05 bits per heavy atom. The lowest BCUT2D eigenvalue weighted by molar-refractivity contribution is 0.379. The normalized spacial score (nSPS) is 13.8. The quantitative estimate of drug-likeness (QED) is 0.853. The van der Waals surface area contributed by atoms with E-state index in [0.29, 0.717) is 6.42 Å². The van der Waals surface area contributed by atoms with Crippen LogP contribution >= 0.6 is 15.9 Å². The second-order valence-electron chi connectivity index (χ2n) is 4.69. The number of nitrogens with zero attached hydrogens (tertiary/aromatic N) is 1. The first-order chi connectivity index (χ1) is 8.72. The van der Waals surface area contributed by atoms with Gasteiger partial charge in [0.1, 0.15) is 5.82 Å². The zero-order chi connectivity index (χ0) is 14.6. The van der Waals surface area contributed by atoms with Crippen LogP contribution in [-0.4, -0.2) is 40.0 Å². The van der Waals surface area contributed by atoms with Crippen molar-refractivity contribution in [3.63, 3.8) is 0 Å². The van der Waals surface area contributed by atoms with Crippen molar-refractivity contribution in [3.8, 4) is 0 Å². The van der Waals surface area contributed by atoms with Gasteiger partial charge in [0.25, 0.3) is 0 Å². The molecule has 1 aromatic rings. The molecule has 0 aromatic heterocycles. The number of benzene rings is 1. The molecule has 0 bridgehead atoms. The van der Waals surface area contributed by atoms with Crippen molar-refractivity contribution in [2.24, 2.45) is 0 Å². The van der Waals surface area contributed by atoms with Crippen LogP contribution in [0.15, 0.2) is 27.6 Å². The van der Waals surface area contributed by atoms with Gasteiger partial charge < -0.3 is 4.90 Å². The summed E-state index contributed by atoms with van der Waals surface area (Å²) < 4.78 is 40.2. The number of halogens is 2. The van der Waals surface area contributed by atoms with Gasteiger partial charge in [-0.25, -0.2) is 17.5 Å². The molecule has 19 heavy (non-hydrogen) atoms. The first-order valence-corrected chi connectivity index (χ1v) is 8.12. The lowest BCUT2D eigenvalue weighted by Crippen LogP contribution is -2.34. The third kappa shape index (κ3) is 5.18. The van der Waals surface area contributed by atoms with E-state index in [1.165, 1.54) is 12.1 Å². The molecule has 1 atom stereocenters.